The van der Waals surface area contributed by atoms with Gasteiger partial charge in [-0.1, -0.05) is 22.0 Å². The molecule has 0 aliphatic carbocycles. The Kier molecular flexibility index (Phi) is 2.40. The zero-order chi connectivity index (χ0) is 11.2. The van der Waals surface area contributed by atoms with Crippen LogP contribution in [0.5, 0.6) is 0 Å². The Morgan fingerprint density at radius 1 is 1.27 bits per heavy atom. The van der Waals surface area contributed by atoms with E-state index in [-0.39, 0.29) is 5.54 Å². The first-order valence-corrected chi connectivity index (χ1v) is 5.73. The molecule has 0 spiro atoms. The topological polar surface area (TPSA) is 30.9 Å². The van der Waals surface area contributed by atoms with Gasteiger partial charge in [0.15, 0.2) is 0 Å². The molecule has 0 fully saturated rings. The van der Waals surface area contributed by atoms with Crippen molar-refractivity contribution in [1.82, 2.24) is 4.57 Å². The van der Waals surface area contributed by atoms with Crippen LogP contribution < -0.4 is 5.73 Å². The van der Waals surface area contributed by atoms with Crippen LogP contribution in [-0.4, -0.2) is 4.57 Å². The maximum atomic E-state index is 6.13. The highest BCUT2D eigenvalue weighted by molar-refractivity contribution is 9.10. The summed E-state index contributed by atoms with van der Waals surface area (Å²) in [6.45, 7) is 4.05. The SMILES string of the molecule is Cn1c(C(C)(C)N)cc2ccc(Br)cc21. The fraction of sp³-hybridized carbons (Fsp3) is 0.333. The summed E-state index contributed by atoms with van der Waals surface area (Å²) in [5.74, 6) is 0. The molecular formula is C12H15BrN2. The van der Waals surface area contributed by atoms with E-state index in [0.717, 1.165) is 10.2 Å². The van der Waals surface area contributed by atoms with Crippen molar-refractivity contribution in [1.29, 1.82) is 0 Å². The molecule has 1 heterocycles. The standard InChI is InChI=1S/C12H15BrN2/c1-12(2,14)11-6-8-4-5-9(13)7-10(8)15(11)3/h4-7H,14H2,1-3H3. The van der Waals surface area contributed by atoms with E-state index < -0.39 is 0 Å². The number of nitrogens with two attached hydrogens (primary N) is 1. The Labute approximate surface area is 98.2 Å². The van der Waals surface area contributed by atoms with Crippen LogP contribution in [0.15, 0.2) is 28.7 Å². The van der Waals surface area contributed by atoms with Crippen molar-refractivity contribution < 1.29 is 0 Å². The molecule has 3 heteroatoms. The molecule has 0 saturated heterocycles. The number of aromatic nitrogens is 1. The maximum Gasteiger partial charge on any atom is 0.0506 e. The summed E-state index contributed by atoms with van der Waals surface area (Å²) >= 11 is 3.48. The van der Waals surface area contributed by atoms with Gasteiger partial charge in [0, 0.05) is 22.7 Å². The minimum atomic E-state index is -0.305. The van der Waals surface area contributed by atoms with Gasteiger partial charge in [-0.3, -0.25) is 0 Å². The molecule has 0 radical (unpaired) electrons. The van der Waals surface area contributed by atoms with Gasteiger partial charge in [0.1, 0.15) is 0 Å². The normalized spacial score (nSPS) is 12.3. The molecule has 0 atom stereocenters. The molecule has 15 heavy (non-hydrogen) atoms. The summed E-state index contributed by atoms with van der Waals surface area (Å²) in [5, 5.41) is 1.23. The van der Waals surface area contributed by atoms with Crippen molar-refractivity contribution in [2.45, 2.75) is 19.4 Å². The number of halogens is 1. The lowest BCUT2D eigenvalue weighted by Gasteiger charge is -2.19. The quantitative estimate of drug-likeness (QED) is 0.845. The number of fused-ring (bicyclic) bond motifs is 1. The number of rotatable bonds is 1. The van der Waals surface area contributed by atoms with Crippen LogP contribution >= 0.6 is 15.9 Å². The first-order chi connectivity index (χ1) is 6.89. The summed E-state index contributed by atoms with van der Waals surface area (Å²) in [4.78, 5) is 0. The fourth-order valence-corrected chi connectivity index (χ4v) is 2.27. The van der Waals surface area contributed by atoms with Crippen molar-refractivity contribution in [3.8, 4) is 0 Å². The van der Waals surface area contributed by atoms with Gasteiger partial charge >= 0.3 is 0 Å². The van der Waals surface area contributed by atoms with Crippen molar-refractivity contribution in [2.75, 3.05) is 0 Å². The van der Waals surface area contributed by atoms with E-state index in [2.05, 4.69) is 51.8 Å². The zero-order valence-corrected chi connectivity index (χ0v) is 10.8. The fourth-order valence-electron chi connectivity index (χ4n) is 1.92. The van der Waals surface area contributed by atoms with Gasteiger partial charge in [-0.2, -0.15) is 0 Å². The van der Waals surface area contributed by atoms with Gasteiger partial charge in [-0.05, 0) is 37.4 Å². The third-order valence-corrected chi connectivity index (χ3v) is 3.16. The summed E-state index contributed by atoms with van der Waals surface area (Å²) in [6, 6.07) is 8.43. The molecule has 2 aromatic rings. The van der Waals surface area contributed by atoms with Crippen LogP contribution in [0.3, 0.4) is 0 Å². The van der Waals surface area contributed by atoms with E-state index in [9.17, 15) is 0 Å². The van der Waals surface area contributed by atoms with Gasteiger partial charge in [0.25, 0.3) is 0 Å². The maximum absolute atomic E-state index is 6.13. The van der Waals surface area contributed by atoms with E-state index >= 15 is 0 Å². The Morgan fingerprint density at radius 3 is 2.53 bits per heavy atom. The Morgan fingerprint density at radius 2 is 1.93 bits per heavy atom. The Hall–Kier alpha value is -0.800. The Bertz CT molecular complexity index is 506. The van der Waals surface area contributed by atoms with Gasteiger partial charge in [-0.25, -0.2) is 0 Å². The Balaban J connectivity index is 2.76. The summed E-state index contributed by atoms with van der Waals surface area (Å²) in [7, 11) is 2.05. The average molecular weight is 267 g/mol. The number of benzene rings is 1. The molecule has 0 saturated carbocycles. The molecule has 1 aromatic carbocycles. The molecule has 0 unspecified atom stereocenters. The smallest absolute Gasteiger partial charge is 0.0506 e. The molecule has 1 aromatic heterocycles. The van der Waals surface area contributed by atoms with Crippen molar-refractivity contribution in [3.05, 3.63) is 34.4 Å². The molecule has 2 N–H and O–H groups in total. The summed E-state index contributed by atoms with van der Waals surface area (Å²) < 4.78 is 3.25. The molecule has 0 amide bonds. The highest BCUT2D eigenvalue weighted by atomic mass is 79.9. The van der Waals surface area contributed by atoms with Crippen molar-refractivity contribution in [2.24, 2.45) is 12.8 Å². The molecule has 80 valence electrons. The van der Waals surface area contributed by atoms with Crippen LogP contribution in [0.25, 0.3) is 10.9 Å². The van der Waals surface area contributed by atoms with Crippen LogP contribution in [0.4, 0.5) is 0 Å². The highest BCUT2D eigenvalue weighted by Crippen LogP contribution is 2.27. The second kappa shape index (κ2) is 3.35. The van der Waals surface area contributed by atoms with Gasteiger partial charge in [0.05, 0.1) is 5.54 Å². The monoisotopic (exact) mass is 266 g/mol. The van der Waals surface area contributed by atoms with E-state index in [4.69, 9.17) is 5.73 Å². The summed E-state index contributed by atoms with van der Waals surface area (Å²) in [5.41, 5.74) is 8.18. The third kappa shape index (κ3) is 1.82. The predicted octanol–water partition coefficient (Wildman–Crippen LogP) is 3.13. The van der Waals surface area contributed by atoms with Crippen LogP contribution in [0, 0.1) is 0 Å². The molecule has 2 rings (SSSR count). The second-order valence-corrected chi connectivity index (χ2v) is 5.43. The van der Waals surface area contributed by atoms with E-state index in [1.165, 1.54) is 10.9 Å². The minimum Gasteiger partial charge on any atom is -0.346 e. The lowest BCUT2D eigenvalue weighted by atomic mass is 10.0. The number of hydrogen-bond donors (Lipinski definition) is 1. The van der Waals surface area contributed by atoms with Gasteiger partial charge in [-0.15, -0.1) is 0 Å². The van der Waals surface area contributed by atoms with Crippen LogP contribution in [-0.2, 0) is 12.6 Å². The molecule has 0 bridgehead atoms. The third-order valence-electron chi connectivity index (χ3n) is 2.67. The average Bonchev–Trinajstić information content (AvgIpc) is 2.43. The predicted molar refractivity (Wildman–Crippen MR) is 67.8 cm³/mol. The molecule has 0 aliphatic rings. The van der Waals surface area contributed by atoms with Crippen LogP contribution in [0.2, 0.25) is 0 Å². The van der Waals surface area contributed by atoms with Crippen LogP contribution in [0.1, 0.15) is 19.5 Å². The first-order valence-electron chi connectivity index (χ1n) is 4.94. The number of hydrogen-bond acceptors (Lipinski definition) is 1. The lowest BCUT2D eigenvalue weighted by Crippen LogP contribution is -2.30. The largest absolute Gasteiger partial charge is 0.346 e. The molecule has 0 aliphatic heterocycles. The van der Waals surface area contributed by atoms with Gasteiger partial charge < -0.3 is 10.3 Å². The number of aryl methyl sites for hydroxylation is 1. The second-order valence-electron chi connectivity index (χ2n) is 4.51. The minimum absolute atomic E-state index is 0.305. The van der Waals surface area contributed by atoms with E-state index in [1.807, 2.05) is 13.8 Å². The first kappa shape index (κ1) is 10.7. The van der Waals surface area contributed by atoms with Gasteiger partial charge in [0.2, 0.25) is 0 Å². The van der Waals surface area contributed by atoms with Crippen molar-refractivity contribution in [3.63, 3.8) is 0 Å². The number of nitrogens with zero attached hydrogens (tertiary/aromatic N) is 1. The van der Waals surface area contributed by atoms with Crippen molar-refractivity contribution >= 4 is 26.8 Å². The van der Waals surface area contributed by atoms with E-state index in [1.54, 1.807) is 0 Å². The molecular weight excluding hydrogens is 252 g/mol. The zero-order valence-electron chi connectivity index (χ0n) is 9.21. The van der Waals surface area contributed by atoms with E-state index in [0.29, 0.717) is 0 Å². The molecule has 2 nitrogen and oxygen atoms in total. The highest BCUT2D eigenvalue weighted by Gasteiger charge is 2.19. The lowest BCUT2D eigenvalue weighted by molar-refractivity contribution is 0.516. The summed E-state index contributed by atoms with van der Waals surface area (Å²) in [6.07, 6.45) is 0.